The molecule has 0 aliphatic carbocycles. The van der Waals surface area contributed by atoms with Crippen LogP contribution in [0.4, 0.5) is 0 Å². The molecular formula is C26H40N2O2. The van der Waals surface area contributed by atoms with Crippen molar-refractivity contribution >= 4 is 10.9 Å². The van der Waals surface area contributed by atoms with Gasteiger partial charge in [0, 0.05) is 18.1 Å². The molecule has 3 rings (SSSR count). The smallest absolute Gasteiger partial charge is 0.116 e. The number of hydrogen-bond donors (Lipinski definition) is 2. The fourth-order valence-electron chi connectivity index (χ4n) is 5.11. The maximum atomic E-state index is 10.9. The predicted molar refractivity (Wildman–Crippen MR) is 125 cm³/mol. The molecule has 0 spiro atoms. The normalized spacial score (nSPS) is 21.2. The number of phenols is 1. The lowest BCUT2D eigenvalue weighted by Crippen LogP contribution is -2.40. The van der Waals surface area contributed by atoms with E-state index in [9.17, 15) is 10.2 Å². The summed E-state index contributed by atoms with van der Waals surface area (Å²) >= 11 is 0. The largest absolute Gasteiger partial charge is 0.508 e. The lowest BCUT2D eigenvalue weighted by Gasteiger charge is -2.39. The second kappa shape index (κ2) is 11.7. The van der Waals surface area contributed by atoms with Gasteiger partial charge in [-0.15, -0.1) is 0 Å². The molecule has 0 saturated carbocycles. The van der Waals surface area contributed by atoms with Gasteiger partial charge < -0.3 is 15.1 Å². The van der Waals surface area contributed by atoms with Crippen molar-refractivity contribution in [1.29, 1.82) is 0 Å². The maximum Gasteiger partial charge on any atom is 0.116 e. The second-order valence-corrected chi connectivity index (χ2v) is 9.13. The number of likely N-dealkylation sites (tertiary alicyclic amines) is 1. The summed E-state index contributed by atoms with van der Waals surface area (Å²) < 4.78 is 0. The molecule has 3 atom stereocenters. The number of aromatic nitrogens is 1. The molecule has 2 aromatic rings. The molecule has 166 valence electrons. The first kappa shape index (κ1) is 23.0. The van der Waals surface area contributed by atoms with E-state index in [1.807, 2.05) is 12.1 Å². The fourth-order valence-corrected chi connectivity index (χ4v) is 5.11. The average molecular weight is 413 g/mol. The first-order valence-corrected chi connectivity index (χ1v) is 12.1. The first-order chi connectivity index (χ1) is 14.6. The topological polar surface area (TPSA) is 56.6 Å². The molecule has 1 saturated heterocycles. The third-order valence-electron chi connectivity index (χ3n) is 7.01. The summed E-state index contributed by atoms with van der Waals surface area (Å²) in [5, 5.41) is 21.6. The van der Waals surface area contributed by atoms with Crippen LogP contribution in [-0.2, 0) is 0 Å². The summed E-state index contributed by atoms with van der Waals surface area (Å²) in [4.78, 5) is 7.03. The average Bonchev–Trinajstić information content (AvgIpc) is 2.77. The zero-order valence-corrected chi connectivity index (χ0v) is 18.9. The van der Waals surface area contributed by atoms with Crippen molar-refractivity contribution in [1.82, 2.24) is 9.88 Å². The Balaban J connectivity index is 1.51. The van der Waals surface area contributed by atoms with Crippen molar-refractivity contribution in [3.63, 3.8) is 0 Å². The molecule has 0 bridgehead atoms. The molecule has 1 aliphatic rings. The maximum absolute atomic E-state index is 10.9. The number of phenolic OH excluding ortho intramolecular Hbond substituents is 1. The molecule has 4 nitrogen and oxygen atoms in total. The van der Waals surface area contributed by atoms with E-state index < -0.39 is 6.10 Å². The van der Waals surface area contributed by atoms with Crippen LogP contribution in [0.2, 0.25) is 0 Å². The number of unbranched alkanes of at least 4 members (excludes halogenated alkanes) is 4. The highest BCUT2D eigenvalue weighted by atomic mass is 16.3. The van der Waals surface area contributed by atoms with Crippen molar-refractivity contribution in [3.8, 4) is 5.75 Å². The molecule has 0 radical (unpaired) electrons. The fraction of sp³-hybridized carbons (Fsp3) is 0.654. The molecule has 1 fully saturated rings. The van der Waals surface area contributed by atoms with Crippen molar-refractivity contribution in [3.05, 3.63) is 36.0 Å². The highest BCUT2D eigenvalue weighted by Gasteiger charge is 2.28. The standard InChI is InChI=1S/C26H40N2O2/c1-3-5-6-7-8-16-28-17-14-21(20(4-2)19-28)9-12-26(30)23-13-15-27-25-11-10-22(29)18-24(23)25/h10-11,13,15,18,20-21,26,29-30H,3-9,12,14,16-17,19H2,1-2H3. The van der Waals surface area contributed by atoms with Gasteiger partial charge in [-0.25, -0.2) is 0 Å². The monoisotopic (exact) mass is 412 g/mol. The Morgan fingerprint density at radius 3 is 2.73 bits per heavy atom. The minimum absolute atomic E-state index is 0.220. The minimum Gasteiger partial charge on any atom is -0.508 e. The highest BCUT2D eigenvalue weighted by Crippen LogP contribution is 2.34. The second-order valence-electron chi connectivity index (χ2n) is 9.13. The Hall–Kier alpha value is -1.65. The SMILES string of the molecule is CCCCCCCN1CCC(CCC(O)c2ccnc3ccc(O)cc23)C(CC)C1. The molecular weight excluding hydrogens is 372 g/mol. The van der Waals surface area contributed by atoms with Gasteiger partial charge in [-0.1, -0.05) is 46.0 Å². The van der Waals surface area contributed by atoms with E-state index in [0.29, 0.717) is 5.92 Å². The first-order valence-electron chi connectivity index (χ1n) is 12.1. The van der Waals surface area contributed by atoms with E-state index in [1.165, 1.54) is 64.6 Å². The van der Waals surface area contributed by atoms with Gasteiger partial charge in [0.2, 0.25) is 0 Å². The number of fused-ring (bicyclic) bond motifs is 1. The van der Waals surface area contributed by atoms with Gasteiger partial charge in [0.1, 0.15) is 5.75 Å². The van der Waals surface area contributed by atoms with Crippen LogP contribution in [0, 0.1) is 11.8 Å². The quantitative estimate of drug-likeness (QED) is 0.440. The van der Waals surface area contributed by atoms with Gasteiger partial charge in [0.25, 0.3) is 0 Å². The molecule has 3 unspecified atom stereocenters. The summed E-state index contributed by atoms with van der Waals surface area (Å²) in [5.41, 5.74) is 1.71. The van der Waals surface area contributed by atoms with E-state index in [1.54, 1.807) is 18.3 Å². The van der Waals surface area contributed by atoms with Crippen LogP contribution in [0.5, 0.6) is 5.75 Å². The Kier molecular flexibility index (Phi) is 8.95. The lowest BCUT2D eigenvalue weighted by atomic mass is 9.80. The number of piperidine rings is 1. The van der Waals surface area contributed by atoms with Gasteiger partial charge in [-0.2, -0.15) is 0 Å². The lowest BCUT2D eigenvalue weighted by molar-refractivity contribution is 0.0903. The van der Waals surface area contributed by atoms with E-state index in [0.717, 1.165) is 35.2 Å². The number of rotatable bonds is 11. The number of hydrogen-bond acceptors (Lipinski definition) is 4. The number of nitrogens with zero attached hydrogens (tertiary/aromatic N) is 2. The molecule has 4 heteroatoms. The molecule has 2 heterocycles. The molecule has 1 aliphatic heterocycles. The van der Waals surface area contributed by atoms with Gasteiger partial charge in [-0.3, -0.25) is 4.98 Å². The minimum atomic E-state index is -0.508. The Bertz CT molecular complexity index is 779. The number of aliphatic hydroxyl groups is 1. The molecule has 0 amide bonds. The van der Waals surface area contributed by atoms with Gasteiger partial charge >= 0.3 is 0 Å². The summed E-state index contributed by atoms with van der Waals surface area (Å²) in [6, 6.07) is 7.07. The van der Waals surface area contributed by atoms with Crippen molar-refractivity contribution in [2.24, 2.45) is 11.8 Å². The number of benzene rings is 1. The Morgan fingerprint density at radius 1 is 1.10 bits per heavy atom. The molecule has 1 aromatic carbocycles. The van der Waals surface area contributed by atoms with Crippen LogP contribution in [0.1, 0.15) is 83.3 Å². The van der Waals surface area contributed by atoms with Crippen molar-refractivity contribution in [2.75, 3.05) is 19.6 Å². The number of aromatic hydroxyl groups is 1. The van der Waals surface area contributed by atoms with E-state index in [2.05, 4.69) is 23.7 Å². The third-order valence-corrected chi connectivity index (χ3v) is 7.01. The van der Waals surface area contributed by atoms with Gasteiger partial charge in [-0.05, 0) is 80.4 Å². The van der Waals surface area contributed by atoms with Crippen LogP contribution >= 0.6 is 0 Å². The zero-order chi connectivity index (χ0) is 21.3. The zero-order valence-electron chi connectivity index (χ0n) is 18.9. The van der Waals surface area contributed by atoms with Crippen LogP contribution in [0.15, 0.2) is 30.5 Å². The highest BCUT2D eigenvalue weighted by molar-refractivity contribution is 5.83. The van der Waals surface area contributed by atoms with Crippen LogP contribution in [0.25, 0.3) is 10.9 Å². The van der Waals surface area contributed by atoms with Crippen LogP contribution in [0.3, 0.4) is 0 Å². The van der Waals surface area contributed by atoms with E-state index in [4.69, 9.17) is 0 Å². The molecule has 1 aromatic heterocycles. The van der Waals surface area contributed by atoms with Crippen LogP contribution < -0.4 is 0 Å². The Morgan fingerprint density at radius 2 is 1.93 bits per heavy atom. The summed E-state index contributed by atoms with van der Waals surface area (Å²) in [6.07, 6.45) is 12.3. The number of aliphatic hydroxyl groups excluding tert-OH is 1. The molecule has 30 heavy (non-hydrogen) atoms. The summed E-state index contributed by atoms with van der Waals surface area (Å²) in [6.45, 7) is 8.27. The van der Waals surface area contributed by atoms with E-state index in [-0.39, 0.29) is 5.75 Å². The predicted octanol–water partition coefficient (Wildman–Crippen LogP) is 6.07. The summed E-state index contributed by atoms with van der Waals surface area (Å²) in [5.74, 6) is 1.65. The van der Waals surface area contributed by atoms with Crippen LogP contribution in [-0.4, -0.2) is 39.7 Å². The van der Waals surface area contributed by atoms with Crippen molar-refractivity contribution < 1.29 is 10.2 Å². The number of pyridine rings is 1. The van der Waals surface area contributed by atoms with Crippen molar-refractivity contribution in [2.45, 2.75) is 77.7 Å². The van der Waals surface area contributed by atoms with Gasteiger partial charge in [0.15, 0.2) is 0 Å². The third kappa shape index (κ3) is 6.18. The molecule has 2 N–H and O–H groups in total. The summed E-state index contributed by atoms with van der Waals surface area (Å²) in [7, 11) is 0. The van der Waals surface area contributed by atoms with Gasteiger partial charge in [0.05, 0.1) is 11.6 Å². The Labute approximate surface area is 182 Å². The van der Waals surface area contributed by atoms with E-state index >= 15 is 0 Å².